The lowest BCUT2D eigenvalue weighted by atomic mass is 9.97. The van der Waals surface area contributed by atoms with Crippen LogP contribution in [0.4, 0.5) is 11.4 Å². The third-order valence-corrected chi connectivity index (χ3v) is 3.90. The summed E-state index contributed by atoms with van der Waals surface area (Å²) in [5, 5.41) is 11.1. The number of carbonyl (C=O) groups is 1. The van der Waals surface area contributed by atoms with Gasteiger partial charge in [0.2, 0.25) is 0 Å². The van der Waals surface area contributed by atoms with Gasteiger partial charge in [-0.2, -0.15) is 0 Å². The van der Waals surface area contributed by atoms with Gasteiger partial charge in [-0.25, -0.2) is 0 Å². The highest BCUT2D eigenvalue weighted by Crippen LogP contribution is 2.37. The Morgan fingerprint density at radius 1 is 1.60 bits per heavy atom. The van der Waals surface area contributed by atoms with Gasteiger partial charge >= 0.3 is 11.7 Å². The van der Waals surface area contributed by atoms with Crippen molar-refractivity contribution in [1.82, 2.24) is 4.98 Å². The van der Waals surface area contributed by atoms with E-state index < -0.39 is 4.92 Å². The molecule has 0 aliphatic carbocycles. The number of carbonyl (C=O) groups excluding carboxylic acids is 1. The average Bonchev–Trinajstić information content (AvgIpc) is 2.46. The van der Waals surface area contributed by atoms with Crippen LogP contribution in [-0.2, 0) is 9.53 Å². The second-order valence-electron chi connectivity index (χ2n) is 4.55. The third kappa shape index (κ3) is 2.90. The summed E-state index contributed by atoms with van der Waals surface area (Å²) in [6.07, 6.45) is 4.26. The van der Waals surface area contributed by atoms with Crippen LogP contribution in [-0.4, -0.2) is 36.1 Å². The zero-order valence-corrected chi connectivity index (χ0v) is 12.5. The SMILES string of the molecule is COC(=O)C1CCCN(c2c(Br)cncc2[N+](=O)[O-])C1. The molecule has 0 saturated carbocycles. The molecule has 1 atom stereocenters. The zero-order chi connectivity index (χ0) is 14.7. The van der Waals surface area contributed by atoms with E-state index in [1.807, 2.05) is 4.90 Å². The lowest BCUT2D eigenvalue weighted by molar-refractivity contribution is -0.384. The number of piperidine rings is 1. The number of methoxy groups -OCH3 is 1. The molecule has 1 unspecified atom stereocenters. The van der Waals surface area contributed by atoms with E-state index in [9.17, 15) is 14.9 Å². The maximum Gasteiger partial charge on any atom is 0.311 e. The first-order valence-corrected chi connectivity index (χ1v) is 6.94. The lowest BCUT2D eigenvalue weighted by Gasteiger charge is -2.33. The molecule has 1 aliphatic rings. The Bertz CT molecular complexity index is 537. The monoisotopic (exact) mass is 343 g/mol. The van der Waals surface area contributed by atoms with E-state index in [0.29, 0.717) is 23.2 Å². The quantitative estimate of drug-likeness (QED) is 0.474. The molecule has 108 valence electrons. The van der Waals surface area contributed by atoms with Crippen LogP contribution in [0.3, 0.4) is 0 Å². The van der Waals surface area contributed by atoms with Crippen molar-refractivity contribution in [2.75, 3.05) is 25.1 Å². The molecule has 1 aromatic rings. The number of aromatic nitrogens is 1. The molecule has 2 heterocycles. The van der Waals surface area contributed by atoms with Crippen LogP contribution in [0.25, 0.3) is 0 Å². The van der Waals surface area contributed by atoms with Gasteiger partial charge in [-0.05, 0) is 28.8 Å². The van der Waals surface area contributed by atoms with Gasteiger partial charge < -0.3 is 9.64 Å². The molecule has 0 aromatic carbocycles. The molecular formula is C12H14BrN3O4. The fourth-order valence-corrected chi connectivity index (χ4v) is 2.98. The fourth-order valence-electron chi connectivity index (χ4n) is 2.40. The maximum absolute atomic E-state index is 11.6. The Morgan fingerprint density at radius 2 is 2.35 bits per heavy atom. The molecule has 8 heteroatoms. The largest absolute Gasteiger partial charge is 0.469 e. The van der Waals surface area contributed by atoms with Gasteiger partial charge in [0.05, 0.1) is 22.4 Å². The molecule has 7 nitrogen and oxygen atoms in total. The van der Waals surface area contributed by atoms with Crippen LogP contribution < -0.4 is 4.90 Å². The van der Waals surface area contributed by atoms with Crippen molar-refractivity contribution < 1.29 is 14.5 Å². The minimum Gasteiger partial charge on any atom is -0.469 e. The Labute approximate surface area is 124 Å². The first-order chi connectivity index (χ1) is 9.54. The van der Waals surface area contributed by atoms with Gasteiger partial charge in [0.25, 0.3) is 0 Å². The first kappa shape index (κ1) is 14.7. The number of hydrogen-bond acceptors (Lipinski definition) is 6. The predicted molar refractivity (Wildman–Crippen MR) is 75.5 cm³/mol. The Hall–Kier alpha value is -1.70. The Morgan fingerprint density at radius 3 is 3.00 bits per heavy atom. The lowest BCUT2D eigenvalue weighted by Crippen LogP contribution is -2.39. The standard InChI is InChI=1S/C12H14BrN3O4/c1-20-12(17)8-3-2-4-15(7-8)11-9(13)5-14-6-10(11)16(18)19/h5-6,8H,2-4,7H2,1H3. The fraction of sp³-hybridized carbons (Fsp3) is 0.500. The number of ether oxygens (including phenoxy) is 1. The van der Waals surface area contributed by atoms with E-state index in [4.69, 9.17) is 4.74 Å². The number of nitro groups is 1. The third-order valence-electron chi connectivity index (χ3n) is 3.32. The highest BCUT2D eigenvalue weighted by Gasteiger charge is 2.31. The van der Waals surface area contributed by atoms with Gasteiger partial charge in [-0.3, -0.25) is 19.9 Å². The highest BCUT2D eigenvalue weighted by atomic mass is 79.9. The topological polar surface area (TPSA) is 85.6 Å². The van der Waals surface area contributed by atoms with Crippen LogP contribution in [0.2, 0.25) is 0 Å². The molecule has 0 bridgehead atoms. The van der Waals surface area contributed by atoms with Crippen molar-refractivity contribution in [2.45, 2.75) is 12.8 Å². The smallest absolute Gasteiger partial charge is 0.311 e. The summed E-state index contributed by atoms with van der Waals surface area (Å²) < 4.78 is 5.31. The van der Waals surface area contributed by atoms with E-state index in [2.05, 4.69) is 20.9 Å². The van der Waals surface area contributed by atoms with Gasteiger partial charge in [-0.15, -0.1) is 0 Å². The molecule has 0 N–H and O–H groups in total. The molecule has 1 saturated heterocycles. The number of hydrogen-bond donors (Lipinski definition) is 0. The average molecular weight is 344 g/mol. The minimum absolute atomic E-state index is 0.0649. The van der Waals surface area contributed by atoms with Crippen molar-refractivity contribution in [1.29, 1.82) is 0 Å². The number of pyridine rings is 1. The second kappa shape index (κ2) is 6.17. The summed E-state index contributed by atoms with van der Waals surface area (Å²) in [4.78, 5) is 28.0. The molecule has 1 fully saturated rings. The van der Waals surface area contributed by atoms with Gasteiger partial charge in [-0.1, -0.05) is 0 Å². The maximum atomic E-state index is 11.6. The van der Waals surface area contributed by atoms with Crippen LogP contribution >= 0.6 is 15.9 Å². The van der Waals surface area contributed by atoms with E-state index in [1.165, 1.54) is 19.5 Å². The number of esters is 1. The number of halogens is 1. The molecular weight excluding hydrogens is 330 g/mol. The van der Waals surface area contributed by atoms with Crippen LogP contribution in [0.5, 0.6) is 0 Å². The van der Waals surface area contributed by atoms with E-state index in [-0.39, 0.29) is 17.6 Å². The molecule has 20 heavy (non-hydrogen) atoms. The van der Waals surface area contributed by atoms with Crippen LogP contribution in [0, 0.1) is 16.0 Å². The number of rotatable bonds is 3. The molecule has 0 spiro atoms. The summed E-state index contributed by atoms with van der Waals surface area (Å²) in [6.45, 7) is 1.08. The van der Waals surface area contributed by atoms with Crippen molar-refractivity contribution in [3.63, 3.8) is 0 Å². The second-order valence-corrected chi connectivity index (χ2v) is 5.41. The highest BCUT2D eigenvalue weighted by molar-refractivity contribution is 9.10. The summed E-state index contributed by atoms with van der Waals surface area (Å²) in [5.41, 5.74) is 0.406. The number of anilines is 1. The summed E-state index contributed by atoms with van der Waals surface area (Å²) in [7, 11) is 1.35. The molecule has 2 rings (SSSR count). The first-order valence-electron chi connectivity index (χ1n) is 6.15. The zero-order valence-electron chi connectivity index (χ0n) is 10.9. The van der Waals surface area contributed by atoms with Gasteiger partial charge in [0.15, 0.2) is 0 Å². The van der Waals surface area contributed by atoms with Gasteiger partial charge in [0, 0.05) is 19.3 Å². The van der Waals surface area contributed by atoms with Crippen LogP contribution in [0.15, 0.2) is 16.9 Å². The summed E-state index contributed by atoms with van der Waals surface area (Å²) in [6, 6.07) is 0. The molecule has 1 aliphatic heterocycles. The summed E-state index contributed by atoms with van der Waals surface area (Å²) in [5.74, 6) is -0.532. The van der Waals surface area contributed by atoms with Gasteiger partial charge in [0.1, 0.15) is 11.9 Å². The van der Waals surface area contributed by atoms with Crippen molar-refractivity contribution >= 4 is 33.3 Å². The van der Waals surface area contributed by atoms with Crippen LogP contribution in [0.1, 0.15) is 12.8 Å². The van der Waals surface area contributed by atoms with E-state index in [1.54, 1.807) is 0 Å². The normalized spacial score (nSPS) is 18.7. The molecule has 0 amide bonds. The molecule has 1 aromatic heterocycles. The molecule has 0 radical (unpaired) electrons. The van der Waals surface area contributed by atoms with Crippen molar-refractivity contribution in [3.8, 4) is 0 Å². The predicted octanol–water partition coefficient (Wildman–Crippen LogP) is 2.14. The minimum atomic E-state index is -0.463. The van der Waals surface area contributed by atoms with Crippen molar-refractivity contribution in [2.24, 2.45) is 5.92 Å². The van der Waals surface area contributed by atoms with E-state index in [0.717, 1.165) is 12.8 Å². The van der Waals surface area contributed by atoms with Crippen molar-refractivity contribution in [3.05, 3.63) is 27.0 Å². The number of nitrogens with zero attached hydrogens (tertiary/aromatic N) is 3. The Kier molecular flexibility index (Phi) is 4.53. The Balaban J connectivity index is 2.31. The summed E-state index contributed by atoms with van der Waals surface area (Å²) >= 11 is 3.30. The van der Waals surface area contributed by atoms with E-state index >= 15 is 0 Å².